The van der Waals surface area contributed by atoms with Crippen LogP contribution in [0.4, 0.5) is 5.82 Å². The number of aromatic nitrogens is 3. The normalized spacial score (nSPS) is 12.4. The molecule has 2 rings (SSSR count). The Hall–Kier alpha value is -1.07. The Bertz CT molecular complexity index is 486. The monoisotopic (exact) mass is 314 g/mol. The molecule has 0 bridgehead atoms. The lowest BCUT2D eigenvalue weighted by molar-refractivity contribution is 0.560. The fourth-order valence-electron chi connectivity index (χ4n) is 1.49. The molecule has 2 aromatic rings. The van der Waals surface area contributed by atoms with Crippen LogP contribution in [0.2, 0.25) is 5.02 Å². The zero-order valence-corrected chi connectivity index (χ0v) is 11.6. The minimum Gasteiger partial charge on any atom is -0.365 e. The maximum Gasteiger partial charge on any atom is 0.145 e. The van der Waals surface area contributed by atoms with Gasteiger partial charge in [0.1, 0.15) is 5.82 Å². The van der Waals surface area contributed by atoms with Crippen LogP contribution < -0.4 is 5.32 Å². The Morgan fingerprint density at radius 2 is 2.41 bits per heavy atom. The second kappa shape index (κ2) is 5.51. The molecule has 6 heteroatoms. The Morgan fingerprint density at radius 1 is 1.59 bits per heavy atom. The first kappa shape index (κ1) is 12.4. The van der Waals surface area contributed by atoms with E-state index in [1.165, 1.54) is 0 Å². The summed E-state index contributed by atoms with van der Waals surface area (Å²) in [6, 6.07) is 3.91. The number of hydrogen-bond acceptors (Lipinski definition) is 3. The molecule has 0 aliphatic rings. The van der Waals surface area contributed by atoms with Gasteiger partial charge in [-0.15, -0.1) is 0 Å². The van der Waals surface area contributed by atoms with Crippen LogP contribution in [0.15, 0.2) is 35.2 Å². The summed E-state index contributed by atoms with van der Waals surface area (Å²) in [6.45, 7) is 2.82. The quantitative estimate of drug-likeness (QED) is 0.942. The SMILES string of the molecule is CC(Cn1cccn1)Nc1ncc(Br)cc1Cl. The van der Waals surface area contributed by atoms with E-state index in [4.69, 9.17) is 11.6 Å². The molecule has 1 atom stereocenters. The van der Waals surface area contributed by atoms with Crippen molar-refractivity contribution in [1.82, 2.24) is 14.8 Å². The molecule has 0 aliphatic carbocycles. The van der Waals surface area contributed by atoms with Crippen LogP contribution in [0.1, 0.15) is 6.92 Å². The van der Waals surface area contributed by atoms with Gasteiger partial charge in [0.05, 0.1) is 11.6 Å². The number of rotatable bonds is 4. The van der Waals surface area contributed by atoms with Gasteiger partial charge in [-0.05, 0) is 35.0 Å². The molecule has 4 nitrogen and oxygen atoms in total. The van der Waals surface area contributed by atoms with Crippen LogP contribution in [0.25, 0.3) is 0 Å². The summed E-state index contributed by atoms with van der Waals surface area (Å²) in [6.07, 6.45) is 5.40. The van der Waals surface area contributed by atoms with E-state index in [0.717, 1.165) is 11.0 Å². The Morgan fingerprint density at radius 3 is 3.06 bits per heavy atom. The summed E-state index contributed by atoms with van der Waals surface area (Å²) in [5, 5.41) is 8.00. The fraction of sp³-hybridized carbons (Fsp3) is 0.273. The van der Waals surface area contributed by atoms with E-state index in [1.54, 1.807) is 12.4 Å². The summed E-state index contributed by atoms with van der Waals surface area (Å²) in [4.78, 5) is 4.23. The molecule has 17 heavy (non-hydrogen) atoms. The molecule has 2 aromatic heterocycles. The number of halogens is 2. The molecule has 90 valence electrons. The van der Waals surface area contributed by atoms with Gasteiger partial charge in [0.2, 0.25) is 0 Å². The van der Waals surface area contributed by atoms with Gasteiger partial charge in [0.25, 0.3) is 0 Å². The van der Waals surface area contributed by atoms with Crippen LogP contribution >= 0.6 is 27.5 Å². The van der Waals surface area contributed by atoms with Gasteiger partial charge >= 0.3 is 0 Å². The largest absolute Gasteiger partial charge is 0.365 e. The lowest BCUT2D eigenvalue weighted by Crippen LogP contribution is -2.22. The molecular formula is C11H12BrClN4. The van der Waals surface area contributed by atoms with E-state index in [-0.39, 0.29) is 6.04 Å². The maximum absolute atomic E-state index is 6.08. The molecule has 1 unspecified atom stereocenters. The first-order valence-corrected chi connectivity index (χ1v) is 6.37. The molecule has 0 saturated carbocycles. The maximum atomic E-state index is 6.08. The first-order valence-electron chi connectivity index (χ1n) is 5.20. The van der Waals surface area contributed by atoms with Crippen molar-refractivity contribution < 1.29 is 0 Å². The Labute approximate surface area is 113 Å². The predicted octanol–water partition coefficient (Wildman–Crippen LogP) is 3.19. The van der Waals surface area contributed by atoms with Gasteiger partial charge in [0.15, 0.2) is 0 Å². The molecule has 0 fully saturated rings. The van der Waals surface area contributed by atoms with Crippen molar-refractivity contribution in [3.63, 3.8) is 0 Å². The van der Waals surface area contributed by atoms with Crippen LogP contribution in [-0.4, -0.2) is 20.8 Å². The Kier molecular flexibility index (Phi) is 4.02. The van der Waals surface area contributed by atoms with E-state index in [0.29, 0.717) is 10.8 Å². The molecule has 1 N–H and O–H groups in total. The number of nitrogens with zero attached hydrogens (tertiary/aromatic N) is 3. The molecule has 2 heterocycles. The lowest BCUT2D eigenvalue weighted by Gasteiger charge is -2.15. The van der Waals surface area contributed by atoms with Gasteiger partial charge in [-0.25, -0.2) is 4.98 Å². The predicted molar refractivity (Wildman–Crippen MR) is 72.3 cm³/mol. The highest BCUT2D eigenvalue weighted by Gasteiger charge is 2.07. The van der Waals surface area contributed by atoms with Crippen molar-refractivity contribution in [2.24, 2.45) is 0 Å². The standard InChI is InChI=1S/C11H12BrClN4/c1-8(7-17-4-2-3-15-17)16-11-10(13)5-9(12)6-14-11/h2-6,8H,7H2,1H3,(H,14,16). The second-order valence-corrected chi connectivity index (χ2v) is 5.08. The van der Waals surface area contributed by atoms with E-state index in [2.05, 4.69) is 38.3 Å². The third-order valence-corrected chi connectivity index (χ3v) is 2.93. The number of nitrogens with one attached hydrogen (secondary N) is 1. The van der Waals surface area contributed by atoms with E-state index in [9.17, 15) is 0 Å². The van der Waals surface area contributed by atoms with E-state index in [1.807, 2.05) is 23.0 Å². The highest BCUT2D eigenvalue weighted by molar-refractivity contribution is 9.10. The number of pyridine rings is 1. The molecule has 0 radical (unpaired) electrons. The Balaban J connectivity index is 2.00. The summed E-state index contributed by atoms with van der Waals surface area (Å²) >= 11 is 9.40. The van der Waals surface area contributed by atoms with Gasteiger partial charge in [-0.3, -0.25) is 4.68 Å². The van der Waals surface area contributed by atoms with Crippen LogP contribution in [0, 0.1) is 0 Å². The lowest BCUT2D eigenvalue weighted by atomic mass is 10.3. The average Bonchev–Trinajstić information content (AvgIpc) is 2.75. The minimum atomic E-state index is 0.195. The van der Waals surface area contributed by atoms with Crippen molar-refractivity contribution in [2.45, 2.75) is 19.5 Å². The number of hydrogen-bond donors (Lipinski definition) is 1. The van der Waals surface area contributed by atoms with Crippen LogP contribution in [0.5, 0.6) is 0 Å². The summed E-state index contributed by atoms with van der Waals surface area (Å²) in [5.74, 6) is 0.689. The highest BCUT2D eigenvalue weighted by Crippen LogP contribution is 2.23. The third kappa shape index (κ3) is 3.44. The van der Waals surface area contributed by atoms with Gasteiger partial charge in [-0.1, -0.05) is 11.6 Å². The molecule has 0 spiro atoms. The van der Waals surface area contributed by atoms with Crippen molar-refractivity contribution in [3.05, 3.63) is 40.2 Å². The van der Waals surface area contributed by atoms with Crippen molar-refractivity contribution in [2.75, 3.05) is 5.32 Å². The molecule has 0 saturated heterocycles. The van der Waals surface area contributed by atoms with E-state index >= 15 is 0 Å². The summed E-state index contributed by atoms with van der Waals surface area (Å²) in [5.41, 5.74) is 0. The summed E-state index contributed by atoms with van der Waals surface area (Å²) < 4.78 is 2.73. The minimum absolute atomic E-state index is 0.195. The van der Waals surface area contributed by atoms with Crippen molar-refractivity contribution in [1.29, 1.82) is 0 Å². The van der Waals surface area contributed by atoms with Crippen LogP contribution in [0.3, 0.4) is 0 Å². The molecule has 0 aromatic carbocycles. The van der Waals surface area contributed by atoms with Crippen molar-refractivity contribution in [3.8, 4) is 0 Å². The topological polar surface area (TPSA) is 42.7 Å². The van der Waals surface area contributed by atoms with Crippen LogP contribution in [-0.2, 0) is 6.54 Å². The third-order valence-electron chi connectivity index (χ3n) is 2.21. The summed E-state index contributed by atoms with van der Waals surface area (Å²) in [7, 11) is 0. The first-order chi connectivity index (χ1) is 8.15. The van der Waals surface area contributed by atoms with Crippen molar-refractivity contribution >= 4 is 33.3 Å². The van der Waals surface area contributed by atoms with Gasteiger partial charge in [-0.2, -0.15) is 5.10 Å². The second-order valence-electron chi connectivity index (χ2n) is 3.76. The van der Waals surface area contributed by atoms with Gasteiger partial charge in [0, 0.05) is 29.1 Å². The highest BCUT2D eigenvalue weighted by atomic mass is 79.9. The zero-order chi connectivity index (χ0) is 12.3. The molecule has 0 aliphatic heterocycles. The molecular weight excluding hydrogens is 304 g/mol. The zero-order valence-electron chi connectivity index (χ0n) is 9.27. The van der Waals surface area contributed by atoms with E-state index < -0.39 is 0 Å². The fourth-order valence-corrected chi connectivity index (χ4v) is 2.17. The smallest absolute Gasteiger partial charge is 0.145 e. The average molecular weight is 316 g/mol. The molecule has 0 amide bonds. The van der Waals surface area contributed by atoms with Gasteiger partial charge < -0.3 is 5.32 Å². The number of anilines is 1.